The van der Waals surface area contributed by atoms with E-state index in [1.165, 1.54) is 101 Å². The quantitative estimate of drug-likeness (QED) is 0.695. The fraction of sp³-hybridized carbons (Fsp3) is 0.842. The first-order chi connectivity index (χ1) is 11.0. The molecule has 0 unspecified atom stereocenters. The second-order valence-corrected chi connectivity index (χ2v) is 6.86. The Morgan fingerprint density at radius 3 is 2.14 bits per heavy atom. The maximum absolute atomic E-state index is 4.69. The van der Waals surface area contributed by atoms with Crippen molar-refractivity contribution in [3.63, 3.8) is 0 Å². The minimum Gasteiger partial charge on any atom is -0.243 e. The lowest BCUT2D eigenvalue weighted by molar-refractivity contribution is 0.523. The minimum absolute atomic E-state index is 1.02. The molecule has 0 atom stereocenters. The topological polar surface area (TPSA) is 36.4 Å². The lowest BCUT2D eigenvalue weighted by Gasteiger charge is -2.12. The van der Waals surface area contributed by atoms with Crippen LogP contribution in [0.25, 0.3) is 0 Å². The Labute approximate surface area is 137 Å². The molecule has 0 saturated heterocycles. The highest BCUT2D eigenvalue weighted by Gasteiger charge is 2.09. The fourth-order valence-corrected chi connectivity index (χ4v) is 3.47. The van der Waals surface area contributed by atoms with Crippen molar-refractivity contribution >= 4 is 5.71 Å². The highest BCUT2D eigenvalue weighted by atomic mass is 15.6. The van der Waals surface area contributed by atoms with E-state index in [9.17, 15) is 0 Å². The number of allylic oxidation sites excluding steroid dienone is 2. The molecule has 0 bridgehead atoms. The van der Waals surface area contributed by atoms with Crippen LogP contribution in [0.3, 0.4) is 0 Å². The van der Waals surface area contributed by atoms with E-state index in [2.05, 4.69) is 22.1 Å². The van der Waals surface area contributed by atoms with E-state index in [4.69, 9.17) is 0 Å². The van der Waals surface area contributed by atoms with Gasteiger partial charge in [0.25, 0.3) is 0 Å². The second-order valence-electron chi connectivity index (χ2n) is 6.86. The third kappa shape index (κ3) is 7.44. The van der Waals surface area contributed by atoms with Gasteiger partial charge < -0.3 is 0 Å². The van der Waals surface area contributed by atoms with Crippen molar-refractivity contribution in [3.8, 4) is 0 Å². The van der Waals surface area contributed by atoms with Crippen molar-refractivity contribution < 1.29 is 0 Å². The van der Waals surface area contributed by atoms with Gasteiger partial charge in [0.15, 0.2) is 0 Å². The van der Waals surface area contributed by atoms with Gasteiger partial charge in [-0.25, -0.2) is 11.0 Å². The molecule has 0 fully saturated rings. The molecule has 22 heavy (non-hydrogen) atoms. The van der Waals surface area contributed by atoms with Gasteiger partial charge in [-0.15, -0.1) is 0 Å². The number of nitrogens with one attached hydrogen (secondary N) is 2. The van der Waals surface area contributed by atoms with Crippen molar-refractivity contribution in [3.05, 3.63) is 11.6 Å². The lowest BCUT2D eigenvalue weighted by Crippen LogP contribution is -2.29. The molecule has 0 amide bonds. The summed E-state index contributed by atoms with van der Waals surface area (Å²) in [4.78, 5) is 0. The van der Waals surface area contributed by atoms with Crippen LogP contribution >= 0.6 is 0 Å². The standard InChI is InChI=1S/C19H35N3/c1-2-4-7-11-15-18(14-10-6-3-1)19-16-12-8-5-9-13-17-20-22-21-19/h14,20,22H,1-13,15-17H2. The van der Waals surface area contributed by atoms with E-state index in [0.29, 0.717) is 0 Å². The van der Waals surface area contributed by atoms with Crippen LogP contribution in [0.4, 0.5) is 0 Å². The molecule has 1 aliphatic heterocycles. The summed E-state index contributed by atoms with van der Waals surface area (Å²) in [5, 5.41) is 4.69. The third-order valence-corrected chi connectivity index (χ3v) is 4.90. The molecule has 3 heteroatoms. The summed E-state index contributed by atoms with van der Waals surface area (Å²) in [7, 11) is 0. The molecule has 0 spiro atoms. The highest BCUT2D eigenvalue weighted by molar-refractivity contribution is 5.99. The summed E-state index contributed by atoms with van der Waals surface area (Å²) in [6.45, 7) is 1.02. The van der Waals surface area contributed by atoms with Gasteiger partial charge >= 0.3 is 0 Å². The summed E-state index contributed by atoms with van der Waals surface area (Å²) in [5.74, 6) is 0. The zero-order chi connectivity index (χ0) is 15.3. The summed E-state index contributed by atoms with van der Waals surface area (Å²) >= 11 is 0. The van der Waals surface area contributed by atoms with Crippen LogP contribution < -0.4 is 11.0 Å². The van der Waals surface area contributed by atoms with Crippen LogP contribution in [0.1, 0.15) is 96.3 Å². The maximum atomic E-state index is 4.69. The Bertz CT molecular complexity index is 313. The number of hydrogen-bond acceptors (Lipinski definition) is 3. The van der Waals surface area contributed by atoms with Crippen LogP contribution in [-0.4, -0.2) is 12.3 Å². The molecule has 2 aliphatic rings. The highest BCUT2D eigenvalue weighted by Crippen LogP contribution is 2.20. The van der Waals surface area contributed by atoms with Crippen LogP contribution in [0, 0.1) is 0 Å². The first-order valence-electron chi connectivity index (χ1n) is 9.70. The van der Waals surface area contributed by atoms with E-state index < -0.39 is 0 Å². The molecule has 3 nitrogen and oxygen atoms in total. The van der Waals surface area contributed by atoms with Gasteiger partial charge in [-0.2, -0.15) is 5.10 Å². The van der Waals surface area contributed by atoms with E-state index in [1.54, 1.807) is 0 Å². The van der Waals surface area contributed by atoms with Gasteiger partial charge in [0.05, 0.1) is 5.71 Å². The number of nitrogens with zero attached hydrogens (tertiary/aromatic N) is 1. The summed E-state index contributed by atoms with van der Waals surface area (Å²) < 4.78 is 0. The average Bonchev–Trinajstić information content (AvgIpc) is 2.64. The van der Waals surface area contributed by atoms with E-state index in [0.717, 1.165) is 13.0 Å². The van der Waals surface area contributed by atoms with Gasteiger partial charge in [-0.1, -0.05) is 57.4 Å². The zero-order valence-electron chi connectivity index (χ0n) is 14.3. The molecule has 1 aliphatic carbocycles. The van der Waals surface area contributed by atoms with Crippen molar-refractivity contribution in [2.75, 3.05) is 6.54 Å². The van der Waals surface area contributed by atoms with Gasteiger partial charge in [-0.05, 0) is 50.5 Å². The minimum atomic E-state index is 1.02. The SMILES string of the molecule is C1=C(C2=NNNCCCCCCC2)CCCCCCCCC1. The van der Waals surface area contributed by atoms with Crippen LogP contribution in [0.2, 0.25) is 0 Å². The molecule has 0 radical (unpaired) electrons. The molecule has 1 heterocycles. The largest absolute Gasteiger partial charge is 0.243 e. The van der Waals surface area contributed by atoms with Crippen molar-refractivity contribution in [1.29, 1.82) is 0 Å². The summed E-state index contributed by atoms with van der Waals surface area (Å²) in [6, 6.07) is 0. The maximum Gasteiger partial charge on any atom is 0.0647 e. The van der Waals surface area contributed by atoms with Crippen LogP contribution in [0.15, 0.2) is 16.8 Å². The van der Waals surface area contributed by atoms with Gasteiger partial charge in [0.2, 0.25) is 0 Å². The molecule has 0 aromatic heterocycles. The first kappa shape index (κ1) is 17.5. The smallest absolute Gasteiger partial charge is 0.0647 e. The van der Waals surface area contributed by atoms with Crippen molar-refractivity contribution in [2.45, 2.75) is 96.3 Å². The van der Waals surface area contributed by atoms with E-state index in [-0.39, 0.29) is 0 Å². The number of rotatable bonds is 1. The number of hydrazone groups is 1. The zero-order valence-corrected chi connectivity index (χ0v) is 14.3. The summed E-state index contributed by atoms with van der Waals surface area (Å²) in [6.07, 6.45) is 22.4. The molecule has 0 saturated carbocycles. The van der Waals surface area contributed by atoms with Crippen LogP contribution in [-0.2, 0) is 0 Å². The number of hydrazine groups is 1. The monoisotopic (exact) mass is 305 g/mol. The Kier molecular flexibility index (Phi) is 9.32. The molecule has 0 aromatic carbocycles. The Balaban J connectivity index is 1.97. The van der Waals surface area contributed by atoms with Crippen molar-refractivity contribution in [1.82, 2.24) is 11.0 Å². The molecule has 0 aromatic rings. The Hall–Kier alpha value is -0.830. The lowest BCUT2D eigenvalue weighted by atomic mass is 9.97. The summed E-state index contributed by atoms with van der Waals surface area (Å²) in [5.41, 5.74) is 9.19. The predicted molar refractivity (Wildman–Crippen MR) is 95.9 cm³/mol. The number of hydrogen-bond donors (Lipinski definition) is 2. The molecular formula is C19H35N3. The van der Waals surface area contributed by atoms with Crippen molar-refractivity contribution in [2.24, 2.45) is 5.10 Å². The van der Waals surface area contributed by atoms with E-state index >= 15 is 0 Å². The fourth-order valence-electron chi connectivity index (χ4n) is 3.47. The first-order valence-corrected chi connectivity index (χ1v) is 9.70. The Morgan fingerprint density at radius 2 is 1.32 bits per heavy atom. The van der Waals surface area contributed by atoms with Gasteiger partial charge in [-0.3, -0.25) is 0 Å². The third-order valence-electron chi connectivity index (χ3n) is 4.90. The normalized spacial score (nSPS) is 24.0. The van der Waals surface area contributed by atoms with Gasteiger partial charge in [0, 0.05) is 6.54 Å². The van der Waals surface area contributed by atoms with E-state index in [1.807, 2.05) is 0 Å². The molecular weight excluding hydrogens is 270 g/mol. The van der Waals surface area contributed by atoms with Gasteiger partial charge in [0.1, 0.15) is 0 Å². The predicted octanol–water partition coefficient (Wildman–Crippen LogP) is 5.24. The Morgan fingerprint density at radius 1 is 0.682 bits per heavy atom. The van der Waals surface area contributed by atoms with Crippen LogP contribution in [0.5, 0.6) is 0 Å². The molecule has 2 rings (SSSR count). The second kappa shape index (κ2) is 11.7. The molecule has 2 N–H and O–H groups in total. The average molecular weight is 306 g/mol. The molecule has 126 valence electrons.